The Morgan fingerprint density at radius 3 is 1.10 bits per heavy atom. The number of methoxy groups -OCH3 is 3. The maximum Gasteiger partial charge on any atom is 0.411 e. The van der Waals surface area contributed by atoms with Gasteiger partial charge in [-0.2, -0.15) is 0 Å². The van der Waals surface area contributed by atoms with Crippen LogP contribution >= 0.6 is 0 Å². The number of aliphatic hydroxyl groups excluding tert-OH is 1. The fourth-order valence-corrected chi connectivity index (χ4v) is 9.66. The number of anilines is 6. The smallest absolute Gasteiger partial charge is 0.411 e. The molecule has 7 aromatic rings. The van der Waals surface area contributed by atoms with Gasteiger partial charge in [0.2, 0.25) is 24.0 Å². The summed E-state index contributed by atoms with van der Waals surface area (Å²) in [6, 6.07) is 48.4. The number of aliphatic carboxylic acids is 1. The number of carboxylic acid groups (broad SMARTS) is 2. The highest BCUT2D eigenvalue weighted by molar-refractivity contribution is 6.15. The van der Waals surface area contributed by atoms with E-state index >= 15 is 0 Å². The third-order valence-corrected chi connectivity index (χ3v) is 15.2. The van der Waals surface area contributed by atoms with Gasteiger partial charge in [0.15, 0.2) is 6.61 Å². The lowest BCUT2D eigenvalue weighted by Gasteiger charge is -2.27. The Morgan fingerprint density at radius 2 is 0.771 bits per heavy atom. The van der Waals surface area contributed by atoms with E-state index in [9.17, 15) is 67.7 Å². The lowest BCUT2D eigenvalue weighted by Crippen LogP contribution is -2.42. The number of amides is 6. The predicted molar refractivity (Wildman–Crippen MR) is 400 cm³/mol. The van der Waals surface area contributed by atoms with E-state index < -0.39 is 84.4 Å². The summed E-state index contributed by atoms with van der Waals surface area (Å²) in [6.07, 6.45) is -1.96. The van der Waals surface area contributed by atoms with E-state index in [0.29, 0.717) is 36.5 Å². The molecule has 0 aliphatic carbocycles. The van der Waals surface area contributed by atoms with Gasteiger partial charge < -0.3 is 73.9 Å². The summed E-state index contributed by atoms with van der Waals surface area (Å²) < 4.78 is 44.3. The number of esters is 4. The van der Waals surface area contributed by atoms with Crippen LogP contribution in [0.3, 0.4) is 0 Å². The monoisotopic (exact) mass is 1500 g/mol. The van der Waals surface area contributed by atoms with Gasteiger partial charge in [-0.05, 0) is 171 Å². The number of fused-ring (bicyclic) bond motifs is 1. The van der Waals surface area contributed by atoms with E-state index in [1.54, 1.807) is 38.3 Å². The topological polar surface area (TPSA) is 421 Å². The van der Waals surface area contributed by atoms with Crippen molar-refractivity contribution in [3.8, 4) is 0 Å². The van der Waals surface area contributed by atoms with Crippen molar-refractivity contribution in [3.63, 3.8) is 0 Å². The zero-order chi connectivity index (χ0) is 80.4. The second-order valence-corrected chi connectivity index (χ2v) is 25.2. The van der Waals surface area contributed by atoms with Gasteiger partial charge in [0.1, 0.15) is 30.1 Å². The highest BCUT2D eigenvalue weighted by Gasteiger charge is 2.39. The third-order valence-electron chi connectivity index (χ3n) is 15.2. The molecule has 109 heavy (non-hydrogen) atoms. The van der Waals surface area contributed by atoms with Gasteiger partial charge in [-0.1, -0.05) is 79.4 Å². The number of aromatic carboxylic acids is 1. The van der Waals surface area contributed by atoms with Crippen LogP contribution in [0.25, 0.3) is 0 Å². The zero-order valence-electron chi connectivity index (χ0n) is 61.7. The number of ether oxygens (including phenoxy) is 9. The number of carbonyl (C=O) groups excluding carboxylic acids is 10. The average molecular weight is 1510 g/mol. The molecular formula is C79H88N6O24. The minimum absolute atomic E-state index is 0.00917. The molecule has 578 valence electrons. The van der Waals surface area contributed by atoms with Crippen molar-refractivity contribution in [1.82, 2.24) is 0 Å². The van der Waals surface area contributed by atoms with Gasteiger partial charge in [-0.25, -0.2) is 33.6 Å². The number of carboxylic acids is 2. The molecule has 1 aliphatic rings. The van der Waals surface area contributed by atoms with Crippen LogP contribution in [0.4, 0.5) is 48.5 Å². The summed E-state index contributed by atoms with van der Waals surface area (Å²) in [5.41, 5.74) is 7.80. The zero-order valence-corrected chi connectivity index (χ0v) is 61.7. The van der Waals surface area contributed by atoms with E-state index in [-0.39, 0.29) is 65.9 Å². The first kappa shape index (κ1) is 87.0. The molecule has 6 amide bonds. The van der Waals surface area contributed by atoms with Gasteiger partial charge >= 0.3 is 54.1 Å². The Balaban J connectivity index is 0.000000273. The van der Waals surface area contributed by atoms with E-state index in [0.717, 1.165) is 62.9 Å². The normalized spacial score (nSPS) is 12.5. The summed E-state index contributed by atoms with van der Waals surface area (Å²) in [4.78, 5) is 137. The molecule has 1 heterocycles. The van der Waals surface area contributed by atoms with Crippen molar-refractivity contribution >= 4 is 106 Å². The second kappa shape index (κ2) is 43.1. The van der Waals surface area contributed by atoms with E-state index in [4.69, 9.17) is 43.0 Å². The highest BCUT2D eigenvalue weighted by atomic mass is 16.7. The van der Waals surface area contributed by atoms with Crippen LogP contribution in [-0.4, -0.2) is 161 Å². The molecule has 0 bridgehead atoms. The Morgan fingerprint density at radius 1 is 0.431 bits per heavy atom. The van der Waals surface area contributed by atoms with Crippen LogP contribution in [-0.2, 0) is 90.7 Å². The molecule has 9 N–H and O–H groups in total. The van der Waals surface area contributed by atoms with Crippen molar-refractivity contribution in [3.05, 3.63) is 226 Å². The Bertz CT molecular complexity index is 4310. The molecule has 0 spiro atoms. The number of cyclic esters (lactones) is 2. The lowest BCUT2D eigenvalue weighted by atomic mass is 9.93. The van der Waals surface area contributed by atoms with Gasteiger partial charge in [-0.15, -0.1) is 0 Å². The van der Waals surface area contributed by atoms with Crippen LogP contribution in [0.1, 0.15) is 113 Å². The fourth-order valence-electron chi connectivity index (χ4n) is 9.66. The molecule has 4 atom stereocenters. The van der Waals surface area contributed by atoms with Crippen molar-refractivity contribution in [1.29, 1.82) is 0 Å². The predicted octanol–water partition coefficient (Wildman–Crippen LogP) is 11.5. The fraction of sp³-hybridized carbons (Fsp3) is 0.291. The van der Waals surface area contributed by atoms with Crippen LogP contribution in [0.15, 0.2) is 176 Å². The molecule has 0 aromatic heterocycles. The number of hydrogen-bond acceptors (Lipinski definition) is 22. The number of aliphatic hydroxyl groups is 1. The van der Waals surface area contributed by atoms with E-state index in [2.05, 4.69) is 43.2 Å². The first-order chi connectivity index (χ1) is 51.7. The first-order valence-corrected chi connectivity index (χ1v) is 33.5. The largest absolute Gasteiger partial charge is 0.481 e. The SMILES string of the molecule is C=C(C)C(=O)OCC(O)OC(=O)C(C)(COC)COC(=O)Nc1ccc(Cc2ccc(NC(C)=O)cc2)cc1.COCC(C)(COC(=O)Nc1ccc(Cc2ccc(NC(C)=O)cc2)cc1)C(=O)O.COCC(C)OC(=O)Nc1ccc(Cc2ccc(NC(C)=O)cc2)cc1.O=C(O)c1ccc2c(c1)C(=O)OC2=O. The minimum Gasteiger partial charge on any atom is -0.481 e. The summed E-state index contributed by atoms with van der Waals surface area (Å²) in [7, 11) is 4.31. The first-order valence-electron chi connectivity index (χ1n) is 33.5. The molecule has 30 heteroatoms. The van der Waals surface area contributed by atoms with E-state index in [1.165, 1.54) is 67.9 Å². The van der Waals surface area contributed by atoms with Gasteiger partial charge in [0, 0.05) is 81.8 Å². The third kappa shape index (κ3) is 30.8. The number of hydrogen-bond donors (Lipinski definition) is 9. The maximum atomic E-state index is 12.6. The van der Waals surface area contributed by atoms with E-state index in [1.807, 2.05) is 121 Å². The molecule has 0 saturated heterocycles. The second-order valence-electron chi connectivity index (χ2n) is 25.2. The molecule has 0 fully saturated rings. The van der Waals surface area contributed by atoms with Gasteiger partial charge in [0.25, 0.3) is 0 Å². The van der Waals surface area contributed by atoms with Crippen molar-refractivity contribution in [2.24, 2.45) is 10.8 Å². The lowest BCUT2D eigenvalue weighted by molar-refractivity contribution is -0.194. The van der Waals surface area contributed by atoms with Crippen LogP contribution in [0, 0.1) is 10.8 Å². The number of benzene rings is 7. The van der Waals surface area contributed by atoms with Crippen molar-refractivity contribution in [2.75, 3.05) is 92.9 Å². The number of nitrogens with one attached hydrogen (secondary N) is 6. The summed E-state index contributed by atoms with van der Waals surface area (Å²) >= 11 is 0. The van der Waals surface area contributed by atoms with Crippen molar-refractivity contribution < 1.29 is 115 Å². The standard InChI is InChI=1S/C28H34N2O9.C22H26N2O6.C20H24N2O4.C9H4O5/c1-18(2)25(33)37-15-24(32)39-26(34)28(4,16-36-5)17-38-27(35)30-23-12-8-21(9-13-23)14-20-6-10-22(11-7-20)29-19(3)31;1-15(25)23-18-8-4-16(5-9-18)12-17-6-10-19(11-7-17)24-21(28)30-14-22(2,13-29-3)20(26)27;1-14(13-25-3)26-20(24)22-19-10-6-17(7-11-19)12-16-4-8-18(9-5-16)21-15(2)23;10-7(11)4-1-2-5-6(3-4)9(13)14-8(5)12/h6-13,24,32H,1,14-17H2,2-5H3,(H,29,31)(H,30,35);4-11H,12-14H2,1-3H3,(H,23,25)(H,24,28)(H,26,27);4-11,14H,12-13H2,1-3H3,(H,21,23)(H,22,24);1-3H,(H,10,11). The van der Waals surface area contributed by atoms with Crippen LogP contribution in [0.2, 0.25) is 0 Å². The number of rotatable bonds is 30. The highest BCUT2D eigenvalue weighted by Crippen LogP contribution is 2.26. The molecule has 0 radical (unpaired) electrons. The quantitative estimate of drug-likeness (QED) is 0.00664. The summed E-state index contributed by atoms with van der Waals surface area (Å²) in [5.74, 6) is -5.78. The molecular weight excluding hydrogens is 1420 g/mol. The van der Waals surface area contributed by atoms with Gasteiger partial charge in [-0.3, -0.25) is 39.9 Å². The van der Waals surface area contributed by atoms with Crippen molar-refractivity contribution in [2.45, 2.75) is 80.1 Å². The summed E-state index contributed by atoms with van der Waals surface area (Å²) in [6.45, 7) is 12.7. The molecule has 4 unspecified atom stereocenters. The Kier molecular flexibility index (Phi) is 34.4. The molecule has 30 nitrogen and oxygen atoms in total. The maximum absolute atomic E-state index is 12.6. The van der Waals surface area contributed by atoms with Gasteiger partial charge in [0.05, 0.1) is 36.5 Å². The Hall–Kier alpha value is -12.6. The molecule has 1 aliphatic heterocycles. The average Bonchev–Trinajstić information content (AvgIpc) is 1.66. The number of carbonyl (C=O) groups is 12. The Labute approximate surface area is 628 Å². The minimum atomic E-state index is -1.72. The summed E-state index contributed by atoms with van der Waals surface area (Å²) in [5, 5.41) is 43.8. The molecule has 7 aromatic carbocycles. The van der Waals surface area contributed by atoms with Crippen LogP contribution < -0.4 is 31.9 Å². The molecule has 0 saturated carbocycles. The van der Waals surface area contributed by atoms with Crippen LogP contribution in [0.5, 0.6) is 0 Å². The molecule has 8 rings (SSSR count).